The van der Waals surface area contributed by atoms with Gasteiger partial charge in [-0.1, -0.05) is 54.6 Å². The fourth-order valence-corrected chi connectivity index (χ4v) is 5.15. The molecule has 178 valence electrons. The highest BCUT2D eigenvalue weighted by Crippen LogP contribution is 2.47. The maximum Gasteiger partial charge on any atom is 0.226 e. The van der Waals surface area contributed by atoms with Gasteiger partial charge in [-0.05, 0) is 24.1 Å². The zero-order chi connectivity index (χ0) is 25.1. The lowest BCUT2D eigenvalue weighted by molar-refractivity contribution is -0.158. The van der Waals surface area contributed by atoms with Crippen molar-refractivity contribution < 1.29 is 14.7 Å². The topological polar surface area (TPSA) is 123 Å². The van der Waals surface area contributed by atoms with E-state index >= 15 is 0 Å². The number of aliphatic hydroxyl groups is 1. The number of aldehydes is 1. The second-order valence-electron chi connectivity index (χ2n) is 9.58. The van der Waals surface area contributed by atoms with Crippen molar-refractivity contribution in [3.8, 4) is 22.4 Å². The number of aryl methyl sites for hydroxylation is 1. The van der Waals surface area contributed by atoms with E-state index < -0.39 is 16.9 Å². The number of nitrogens with two attached hydrogens (primary N) is 1. The number of Topliss-reactive ketones (excluding diaryl/α,β-unsaturated/α-hetero) is 1. The largest absolute Gasteiger partial charge is 0.381 e. The summed E-state index contributed by atoms with van der Waals surface area (Å²) < 4.78 is 1.76. The van der Waals surface area contributed by atoms with Crippen molar-refractivity contribution in [1.29, 1.82) is 0 Å². The minimum Gasteiger partial charge on any atom is -0.381 e. The molecule has 3 aromatic heterocycles. The van der Waals surface area contributed by atoms with E-state index in [4.69, 9.17) is 10.7 Å². The summed E-state index contributed by atoms with van der Waals surface area (Å²) in [6, 6.07) is 21.7. The number of benzene rings is 2. The van der Waals surface area contributed by atoms with Gasteiger partial charge in [0.05, 0.1) is 11.4 Å². The molecule has 0 atom stereocenters. The van der Waals surface area contributed by atoms with E-state index in [1.54, 1.807) is 4.52 Å². The number of rotatable bonds is 5. The molecule has 36 heavy (non-hydrogen) atoms. The molecule has 1 fully saturated rings. The van der Waals surface area contributed by atoms with Crippen LogP contribution in [-0.4, -0.2) is 42.4 Å². The third-order valence-electron chi connectivity index (χ3n) is 6.98. The summed E-state index contributed by atoms with van der Waals surface area (Å²) in [4.78, 5) is 32.2. The Morgan fingerprint density at radius 2 is 1.78 bits per heavy atom. The third kappa shape index (κ3) is 3.42. The molecule has 1 aliphatic carbocycles. The molecule has 1 saturated carbocycles. The van der Waals surface area contributed by atoms with Gasteiger partial charge in [0.15, 0.2) is 17.6 Å². The molecule has 0 amide bonds. The molecule has 0 aliphatic heterocycles. The first-order chi connectivity index (χ1) is 17.3. The van der Waals surface area contributed by atoms with Crippen LogP contribution >= 0.6 is 0 Å². The summed E-state index contributed by atoms with van der Waals surface area (Å²) in [5, 5.41) is 15.8. The number of fused-ring (bicyclic) bond motifs is 3. The Balaban J connectivity index is 1.46. The van der Waals surface area contributed by atoms with Crippen molar-refractivity contribution in [2.45, 2.75) is 30.9 Å². The first-order valence-corrected chi connectivity index (χ1v) is 11.6. The Morgan fingerprint density at radius 3 is 2.47 bits per heavy atom. The van der Waals surface area contributed by atoms with Crippen LogP contribution in [0.3, 0.4) is 0 Å². The van der Waals surface area contributed by atoms with Crippen LogP contribution < -0.4 is 5.73 Å². The molecule has 0 saturated heterocycles. The van der Waals surface area contributed by atoms with Gasteiger partial charge in [0.2, 0.25) is 5.78 Å². The molecule has 6 rings (SSSR count). The van der Waals surface area contributed by atoms with Crippen LogP contribution in [0.15, 0.2) is 72.9 Å². The van der Waals surface area contributed by atoms with Crippen molar-refractivity contribution in [1.82, 2.24) is 19.6 Å². The quantitative estimate of drug-likeness (QED) is 0.294. The molecule has 0 bridgehead atoms. The van der Waals surface area contributed by atoms with Crippen molar-refractivity contribution in [2.75, 3.05) is 0 Å². The first-order valence-electron chi connectivity index (χ1n) is 11.6. The van der Waals surface area contributed by atoms with Crippen molar-refractivity contribution >= 4 is 28.7 Å². The predicted octanol–water partition coefficient (Wildman–Crippen LogP) is 3.37. The molecule has 1 aliphatic rings. The summed E-state index contributed by atoms with van der Waals surface area (Å²) in [6.45, 7) is 1.92. The maximum absolute atomic E-state index is 11.8. The summed E-state index contributed by atoms with van der Waals surface area (Å²) in [5.41, 5.74) is 10.6. The van der Waals surface area contributed by atoms with Crippen molar-refractivity contribution in [2.24, 2.45) is 5.73 Å². The van der Waals surface area contributed by atoms with Crippen LogP contribution in [0.25, 0.3) is 39.1 Å². The molecule has 0 unspecified atom stereocenters. The second kappa shape index (κ2) is 7.87. The summed E-state index contributed by atoms with van der Waals surface area (Å²) >= 11 is 0. The van der Waals surface area contributed by atoms with E-state index in [-0.39, 0.29) is 19.1 Å². The predicted molar refractivity (Wildman–Crippen MR) is 135 cm³/mol. The van der Waals surface area contributed by atoms with Gasteiger partial charge < -0.3 is 10.8 Å². The van der Waals surface area contributed by atoms with Crippen LogP contribution in [0.2, 0.25) is 0 Å². The fourth-order valence-electron chi connectivity index (χ4n) is 5.15. The lowest BCUT2D eigenvalue weighted by atomic mass is 9.61. The van der Waals surface area contributed by atoms with Crippen LogP contribution in [0.5, 0.6) is 0 Å². The Kier molecular flexibility index (Phi) is 4.86. The average Bonchev–Trinajstić information content (AvgIpc) is 3.28. The van der Waals surface area contributed by atoms with E-state index in [0.717, 1.165) is 44.7 Å². The zero-order valence-corrected chi connectivity index (χ0v) is 19.5. The van der Waals surface area contributed by atoms with Crippen LogP contribution in [-0.2, 0) is 15.1 Å². The highest BCUT2D eigenvalue weighted by molar-refractivity contribution is 6.29. The smallest absolute Gasteiger partial charge is 0.226 e. The zero-order valence-electron chi connectivity index (χ0n) is 19.5. The second-order valence-corrected chi connectivity index (χ2v) is 9.58. The van der Waals surface area contributed by atoms with Gasteiger partial charge >= 0.3 is 0 Å². The highest BCUT2D eigenvalue weighted by atomic mass is 16.3. The fraction of sp³-hybridized carbons (Fsp3) is 0.179. The number of nitrogens with zero attached hydrogens (tertiary/aromatic N) is 4. The van der Waals surface area contributed by atoms with Crippen LogP contribution in [0.4, 0.5) is 0 Å². The van der Waals surface area contributed by atoms with E-state index in [1.807, 2.05) is 73.8 Å². The van der Waals surface area contributed by atoms with E-state index in [1.165, 1.54) is 0 Å². The number of hydrogen-bond donors (Lipinski definition) is 2. The molecular formula is C28H23N5O3. The number of hydrogen-bond acceptors (Lipinski definition) is 7. The first kappa shape index (κ1) is 22.2. The van der Waals surface area contributed by atoms with Crippen LogP contribution in [0, 0.1) is 6.92 Å². The number of pyridine rings is 1. The van der Waals surface area contributed by atoms with Crippen molar-refractivity contribution in [3.05, 3.63) is 84.2 Å². The molecule has 8 nitrogen and oxygen atoms in total. The Bertz CT molecular complexity index is 1650. The summed E-state index contributed by atoms with van der Waals surface area (Å²) in [7, 11) is 0. The number of carbonyl (C=O) groups excluding carboxylic acids is 2. The normalized spacial score (nSPS) is 21.4. The van der Waals surface area contributed by atoms with Gasteiger partial charge in [0.1, 0.15) is 5.60 Å². The van der Waals surface area contributed by atoms with E-state index in [0.29, 0.717) is 5.65 Å². The molecule has 2 aromatic carbocycles. The Morgan fingerprint density at radius 1 is 1.06 bits per heavy atom. The van der Waals surface area contributed by atoms with Gasteiger partial charge in [-0.2, -0.15) is 9.61 Å². The van der Waals surface area contributed by atoms with Gasteiger partial charge in [0, 0.05) is 47.2 Å². The standard InChI is InChI=1S/C28H23N5O3/c1-17-11-24-30-13-20-12-22(18-5-3-2-4-6-18)25(31-26(20)33(24)32-17)19-7-9-21(10-8-19)27(29)15-28(36,16-27)23(35)14-34/h2-14,36H,15-16,29H2,1H3/t27-,28-. The van der Waals surface area contributed by atoms with Crippen LogP contribution in [0.1, 0.15) is 24.1 Å². The monoisotopic (exact) mass is 477 g/mol. The third-order valence-corrected chi connectivity index (χ3v) is 6.98. The van der Waals surface area contributed by atoms with Crippen molar-refractivity contribution in [3.63, 3.8) is 0 Å². The Labute approximate surface area is 206 Å². The molecule has 0 radical (unpaired) electrons. The number of aromatic nitrogens is 4. The van der Waals surface area contributed by atoms with Gasteiger partial charge in [0.25, 0.3) is 0 Å². The summed E-state index contributed by atoms with van der Waals surface area (Å²) in [5.74, 6) is -0.831. The molecular weight excluding hydrogens is 454 g/mol. The van der Waals surface area contributed by atoms with E-state index in [2.05, 4.69) is 16.1 Å². The minimum atomic E-state index is -1.68. The van der Waals surface area contributed by atoms with Gasteiger partial charge in [-0.3, -0.25) is 9.59 Å². The summed E-state index contributed by atoms with van der Waals surface area (Å²) in [6.07, 6.45) is 1.98. The number of carbonyl (C=O) groups is 2. The lowest BCUT2D eigenvalue weighted by Gasteiger charge is -2.49. The molecule has 5 aromatic rings. The molecule has 0 spiro atoms. The maximum atomic E-state index is 11.8. The highest BCUT2D eigenvalue weighted by Gasteiger charge is 2.56. The molecule has 3 heterocycles. The molecule has 3 N–H and O–H groups in total. The minimum absolute atomic E-state index is 0.00401. The van der Waals surface area contributed by atoms with E-state index in [9.17, 15) is 14.7 Å². The Hall–Kier alpha value is -4.27. The SMILES string of the molecule is Cc1cc2ncc3cc(-c4ccccc4)c(-c4ccc([C@]5(N)C[C@@](O)(C(=O)C=O)C5)cc4)nc3n2n1. The van der Waals surface area contributed by atoms with Gasteiger partial charge in [-0.25, -0.2) is 9.97 Å². The lowest BCUT2D eigenvalue weighted by Crippen LogP contribution is -2.63. The van der Waals surface area contributed by atoms with Gasteiger partial charge in [-0.15, -0.1) is 0 Å². The number of ketones is 1. The molecule has 8 heteroatoms. The average molecular weight is 478 g/mol.